The predicted molar refractivity (Wildman–Crippen MR) is 72.9 cm³/mol. The Morgan fingerprint density at radius 2 is 1.59 bits per heavy atom. The van der Waals surface area contributed by atoms with Gasteiger partial charge in [-0.15, -0.1) is 0 Å². The number of aliphatic hydroxyl groups is 1. The van der Waals surface area contributed by atoms with Gasteiger partial charge in [-0.25, -0.2) is 0 Å². The molecule has 7 heteroatoms. The van der Waals surface area contributed by atoms with Gasteiger partial charge in [0.25, 0.3) is 0 Å². The Morgan fingerprint density at radius 1 is 0.909 bits per heavy atom. The molecule has 1 aliphatic heterocycles. The number of rotatable bonds is 1. The van der Waals surface area contributed by atoms with Gasteiger partial charge in [0.1, 0.15) is 34.9 Å². The summed E-state index contributed by atoms with van der Waals surface area (Å²) >= 11 is 0. The topological polar surface area (TPSA) is 127 Å². The summed E-state index contributed by atoms with van der Waals surface area (Å²) in [5.41, 5.74) is -0.0901. The third-order valence-corrected chi connectivity index (χ3v) is 3.45. The van der Waals surface area contributed by atoms with Crippen molar-refractivity contribution in [1.29, 1.82) is 0 Å². The van der Waals surface area contributed by atoms with Crippen LogP contribution >= 0.6 is 0 Å². The Balaban J connectivity index is 2.11. The highest BCUT2D eigenvalue weighted by Gasteiger charge is 2.40. The Morgan fingerprint density at radius 3 is 2.27 bits per heavy atom. The van der Waals surface area contributed by atoms with Crippen LogP contribution in [0.3, 0.4) is 0 Å². The van der Waals surface area contributed by atoms with Crippen LogP contribution in [0.15, 0.2) is 30.3 Å². The van der Waals surface area contributed by atoms with E-state index >= 15 is 0 Å². The second kappa shape index (κ2) is 4.81. The van der Waals surface area contributed by atoms with Gasteiger partial charge < -0.3 is 30.3 Å². The summed E-state index contributed by atoms with van der Waals surface area (Å²) in [6.45, 7) is 0. The van der Waals surface area contributed by atoms with Crippen molar-refractivity contribution >= 4 is 5.78 Å². The van der Waals surface area contributed by atoms with Crippen LogP contribution in [0.5, 0.6) is 28.7 Å². The van der Waals surface area contributed by atoms with E-state index in [4.69, 9.17) is 4.74 Å². The molecular formula is C15H12O7. The maximum atomic E-state index is 12.2. The molecule has 5 N–H and O–H groups in total. The number of ketones is 1. The molecule has 2 aromatic rings. The Labute approximate surface area is 124 Å². The molecule has 0 spiro atoms. The molecule has 114 valence electrons. The van der Waals surface area contributed by atoms with Crippen LogP contribution < -0.4 is 4.74 Å². The van der Waals surface area contributed by atoms with Gasteiger partial charge in [-0.05, 0) is 12.1 Å². The molecular weight excluding hydrogens is 292 g/mol. The zero-order valence-electron chi connectivity index (χ0n) is 11.1. The Hall–Kier alpha value is -2.93. The monoisotopic (exact) mass is 304 g/mol. The minimum atomic E-state index is -1.66. The molecule has 0 saturated carbocycles. The SMILES string of the molecule is O=C1C(O)c2c(O)cc(O)cc2O[C@H]1c1ccc(O)cc1O. The van der Waals surface area contributed by atoms with E-state index < -0.39 is 23.7 Å². The van der Waals surface area contributed by atoms with Crippen molar-refractivity contribution in [2.24, 2.45) is 0 Å². The van der Waals surface area contributed by atoms with Gasteiger partial charge in [-0.3, -0.25) is 4.79 Å². The first-order valence-corrected chi connectivity index (χ1v) is 6.34. The minimum absolute atomic E-state index is 0.0512. The first-order chi connectivity index (χ1) is 10.4. The normalized spacial score (nSPS) is 20.3. The van der Waals surface area contributed by atoms with Crippen LogP contribution in [0.2, 0.25) is 0 Å². The van der Waals surface area contributed by atoms with Crippen molar-refractivity contribution in [2.45, 2.75) is 12.2 Å². The number of carbonyl (C=O) groups excluding carboxylic acids is 1. The maximum absolute atomic E-state index is 12.2. The number of aliphatic hydroxyl groups excluding tert-OH is 1. The maximum Gasteiger partial charge on any atom is 0.211 e. The van der Waals surface area contributed by atoms with E-state index in [9.17, 15) is 30.3 Å². The van der Waals surface area contributed by atoms with E-state index in [1.165, 1.54) is 12.1 Å². The number of benzene rings is 2. The highest BCUT2D eigenvalue weighted by Crippen LogP contribution is 2.46. The second-order valence-corrected chi connectivity index (χ2v) is 4.92. The van der Waals surface area contributed by atoms with E-state index in [-0.39, 0.29) is 34.1 Å². The molecule has 0 bridgehead atoms. The van der Waals surface area contributed by atoms with E-state index in [0.717, 1.165) is 18.2 Å². The van der Waals surface area contributed by atoms with E-state index in [1.807, 2.05) is 0 Å². The molecule has 7 nitrogen and oxygen atoms in total. The summed E-state index contributed by atoms with van der Waals surface area (Å²) in [6, 6.07) is 5.71. The average Bonchev–Trinajstić information content (AvgIpc) is 2.42. The van der Waals surface area contributed by atoms with Gasteiger partial charge in [-0.1, -0.05) is 0 Å². The lowest BCUT2D eigenvalue weighted by molar-refractivity contribution is -0.137. The van der Waals surface area contributed by atoms with Crippen LogP contribution in [0.4, 0.5) is 0 Å². The third-order valence-electron chi connectivity index (χ3n) is 3.45. The Bertz CT molecular complexity index is 769. The van der Waals surface area contributed by atoms with Gasteiger partial charge >= 0.3 is 0 Å². The highest BCUT2D eigenvalue weighted by atomic mass is 16.5. The van der Waals surface area contributed by atoms with Crippen molar-refractivity contribution in [2.75, 3.05) is 0 Å². The molecule has 0 radical (unpaired) electrons. The number of hydrogen-bond donors (Lipinski definition) is 5. The van der Waals surface area contributed by atoms with E-state index in [0.29, 0.717) is 0 Å². The lowest BCUT2D eigenvalue weighted by Crippen LogP contribution is -2.30. The molecule has 22 heavy (non-hydrogen) atoms. The van der Waals surface area contributed by atoms with Crippen LogP contribution in [0.25, 0.3) is 0 Å². The standard InChI is InChI=1S/C15H12O7/c16-6-1-2-8(9(18)3-6)15-14(21)13(20)12-10(19)4-7(17)5-11(12)22-15/h1-5,13,15-20H/t13?,15-/m0/s1. The zero-order chi connectivity index (χ0) is 16.0. The van der Waals surface area contributed by atoms with Crippen LogP contribution in [0, 0.1) is 0 Å². The molecule has 1 unspecified atom stereocenters. The predicted octanol–water partition coefficient (Wildman–Crippen LogP) is 1.25. The van der Waals surface area contributed by atoms with E-state index in [2.05, 4.69) is 0 Å². The largest absolute Gasteiger partial charge is 0.508 e. The van der Waals surface area contributed by atoms with Crippen molar-refractivity contribution in [3.8, 4) is 28.7 Å². The fourth-order valence-electron chi connectivity index (χ4n) is 2.41. The van der Waals surface area contributed by atoms with Crippen molar-refractivity contribution in [1.82, 2.24) is 0 Å². The number of aromatic hydroxyl groups is 4. The number of phenolic OH excluding ortho intramolecular Hbond substituents is 4. The quantitative estimate of drug-likeness (QED) is 0.536. The third kappa shape index (κ3) is 2.08. The molecule has 0 aromatic heterocycles. The highest BCUT2D eigenvalue weighted by molar-refractivity contribution is 5.93. The van der Waals surface area contributed by atoms with Gasteiger partial charge in [0, 0.05) is 23.8 Å². The molecule has 1 aliphatic rings. The fraction of sp³-hybridized carbons (Fsp3) is 0.133. The molecule has 0 amide bonds. The summed E-state index contributed by atoms with van der Waals surface area (Å²) in [6.07, 6.45) is -2.99. The number of phenols is 4. The lowest BCUT2D eigenvalue weighted by Gasteiger charge is -2.29. The van der Waals surface area contributed by atoms with Crippen LogP contribution in [0.1, 0.15) is 23.3 Å². The Kier molecular flexibility index (Phi) is 3.07. The van der Waals surface area contributed by atoms with Crippen LogP contribution in [-0.2, 0) is 4.79 Å². The molecule has 2 atom stereocenters. The fourth-order valence-corrected chi connectivity index (χ4v) is 2.41. The first-order valence-electron chi connectivity index (χ1n) is 6.34. The number of carbonyl (C=O) groups is 1. The van der Waals surface area contributed by atoms with Crippen molar-refractivity contribution in [3.05, 3.63) is 41.5 Å². The van der Waals surface area contributed by atoms with Crippen molar-refractivity contribution < 1.29 is 35.1 Å². The summed E-state index contributed by atoms with van der Waals surface area (Å²) in [5.74, 6) is -2.19. The zero-order valence-corrected chi connectivity index (χ0v) is 11.1. The molecule has 3 rings (SSSR count). The molecule has 2 aromatic carbocycles. The molecule has 0 fully saturated rings. The summed E-state index contributed by atoms with van der Waals surface area (Å²) < 4.78 is 5.41. The number of ether oxygens (including phenoxy) is 1. The average molecular weight is 304 g/mol. The summed E-state index contributed by atoms with van der Waals surface area (Å²) in [7, 11) is 0. The van der Waals surface area contributed by atoms with Gasteiger partial charge in [0.05, 0.1) is 5.56 Å². The summed E-state index contributed by atoms with van der Waals surface area (Å²) in [5, 5.41) is 48.4. The second-order valence-electron chi connectivity index (χ2n) is 4.92. The summed E-state index contributed by atoms with van der Waals surface area (Å²) in [4.78, 5) is 12.2. The molecule has 0 saturated heterocycles. The lowest BCUT2D eigenvalue weighted by atomic mass is 9.92. The first kappa shape index (κ1) is 14.0. The molecule has 0 aliphatic carbocycles. The van der Waals surface area contributed by atoms with Gasteiger partial charge in [-0.2, -0.15) is 0 Å². The van der Waals surface area contributed by atoms with E-state index in [1.54, 1.807) is 0 Å². The van der Waals surface area contributed by atoms with Crippen molar-refractivity contribution in [3.63, 3.8) is 0 Å². The number of Topliss-reactive ketones (excluding diaryl/α,β-unsaturated/α-hetero) is 1. The molecule has 1 heterocycles. The smallest absolute Gasteiger partial charge is 0.211 e. The minimum Gasteiger partial charge on any atom is -0.508 e. The number of hydrogen-bond acceptors (Lipinski definition) is 7. The van der Waals surface area contributed by atoms with Gasteiger partial charge in [0.2, 0.25) is 5.78 Å². The number of fused-ring (bicyclic) bond motifs is 1. The van der Waals surface area contributed by atoms with Crippen LogP contribution in [-0.4, -0.2) is 31.3 Å². The van der Waals surface area contributed by atoms with Gasteiger partial charge in [0.15, 0.2) is 6.10 Å².